The number of rotatable bonds is 3. The highest BCUT2D eigenvalue weighted by Gasteiger charge is 2.26. The first kappa shape index (κ1) is 14.9. The summed E-state index contributed by atoms with van der Waals surface area (Å²) in [5.41, 5.74) is 3.91. The number of benzene rings is 2. The van der Waals surface area contributed by atoms with Crippen LogP contribution in [0.5, 0.6) is 0 Å². The van der Waals surface area contributed by atoms with Crippen molar-refractivity contribution in [3.05, 3.63) is 66.0 Å². The zero-order chi connectivity index (χ0) is 16.4. The molecule has 0 saturated carbocycles. The predicted molar refractivity (Wildman–Crippen MR) is 93.1 cm³/mol. The quantitative estimate of drug-likeness (QED) is 0.795. The highest BCUT2D eigenvalue weighted by atomic mass is 32.2. The minimum Gasteiger partial charge on any atom is -0.325 e. The monoisotopic (exact) mass is 337 g/mol. The fraction of sp³-hybridized carbons (Fsp3) is 0.176. The number of carbonyl (C=O) groups is 1. The van der Waals surface area contributed by atoms with E-state index in [4.69, 9.17) is 0 Å². The zero-order valence-electron chi connectivity index (χ0n) is 12.8. The molecule has 7 heteroatoms. The zero-order valence-corrected chi connectivity index (χ0v) is 13.6. The van der Waals surface area contributed by atoms with Gasteiger partial charge in [0.2, 0.25) is 5.91 Å². The van der Waals surface area contributed by atoms with E-state index in [2.05, 4.69) is 26.9 Å². The molecule has 1 aromatic heterocycles. The summed E-state index contributed by atoms with van der Waals surface area (Å²) in [5, 5.41) is 14.0. The van der Waals surface area contributed by atoms with E-state index in [1.165, 1.54) is 11.9 Å². The molecular formula is C17H15N5OS. The molecule has 1 amide bonds. The van der Waals surface area contributed by atoms with Gasteiger partial charge in [0, 0.05) is 5.69 Å². The van der Waals surface area contributed by atoms with Gasteiger partial charge in [-0.2, -0.15) is 0 Å². The highest BCUT2D eigenvalue weighted by molar-refractivity contribution is 8.00. The Kier molecular flexibility index (Phi) is 4.00. The van der Waals surface area contributed by atoms with Crippen molar-refractivity contribution in [1.82, 2.24) is 20.2 Å². The molecule has 0 aliphatic carbocycles. The molecule has 120 valence electrons. The lowest BCUT2D eigenvalue weighted by molar-refractivity contribution is -0.115. The Bertz CT molecular complexity index is 865. The number of amides is 1. The molecule has 4 rings (SSSR count). The van der Waals surface area contributed by atoms with Gasteiger partial charge < -0.3 is 5.32 Å². The molecule has 1 aliphatic heterocycles. The Morgan fingerprint density at radius 1 is 1.21 bits per heavy atom. The van der Waals surface area contributed by atoms with Gasteiger partial charge in [-0.25, -0.2) is 4.68 Å². The number of tetrazole rings is 1. The van der Waals surface area contributed by atoms with Crippen LogP contribution in [0, 0.1) is 0 Å². The second kappa shape index (κ2) is 6.45. The van der Waals surface area contributed by atoms with Gasteiger partial charge in [0.25, 0.3) is 0 Å². The molecule has 0 saturated heterocycles. The van der Waals surface area contributed by atoms with Crippen molar-refractivity contribution in [2.75, 3.05) is 11.1 Å². The second-order valence-corrected chi connectivity index (χ2v) is 6.71. The average Bonchev–Trinajstić information content (AvgIpc) is 3.16. The Morgan fingerprint density at radius 3 is 3.00 bits per heavy atom. The number of thioether (sulfide) groups is 1. The fourth-order valence-electron chi connectivity index (χ4n) is 2.82. The van der Waals surface area contributed by atoms with Crippen LogP contribution in [-0.4, -0.2) is 31.9 Å². The summed E-state index contributed by atoms with van der Waals surface area (Å²) >= 11 is 1.69. The summed E-state index contributed by atoms with van der Waals surface area (Å²) < 4.78 is 1.56. The van der Waals surface area contributed by atoms with Crippen molar-refractivity contribution in [3.63, 3.8) is 0 Å². The Hall–Kier alpha value is -2.67. The van der Waals surface area contributed by atoms with Crippen LogP contribution in [0.2, 0.25) is 0 Å². The van der Waals surface area contributed by atoms with Crippen molar-refractivity contribution in [2.24, 2.45) is 0 Å². The largest absolute Gasteiger partial charge is 0.325 e. The molecule has 0 spiro atoms. The van der Waals surface area contributed by atoms with Gasteiger partial charge in [-0.1, -0.05) is 30.3 Å². The van der Waals surface area contributed by atoms with Crippen LogP contribution in [0.1, 0.15) is 16.4 Å². The topological polar surface area (TPSA) is 72.7 Å². The summed E-state index contributed by atoms with van der Waals surface area (Å²) in [6, 6.07) is 15.6. The van der Waals surface area contributed by atoms with Crippen molar-refractivity contribution in [2.45, 2.75) is 11.7 Å². The predicted octanol–water partition coefficient (Wildman–Crippen LogP) is 2.63. The standard InChI is InChI=1S/C17H15N5OS/c23-17(16-15-7-2-1-4-12(15)8-9-24-16)19-13-5-3-6-14(10-13)22-11-18-20-21-22/h1-7,10-11,16H,8-9H2,(H,19,23)/t16-/m1/s1. The number of nitrogens with one attached hydrogen (secondary N) is 1. The van der Waals surface area contributed by atoms with Crippen molar-refractivity contribution in [3.8, 4) is 5.69 Å². The molecule has 0 unspecified atom stereocenters. The smallest absolute Gasteiger partial charge is 0.242 e. The van der Waals surface area contributed by atoms with Gasteiger partial charge in [-0.05, 0) is 51.9 Å². The number of fused-ring (bicyclic) bond motifs is 1. The third-order valence-corrected chi connectivity index (χ3v) is 5.20. The molecule has 24 heavy (non-hydrogen) atoms. The molecule has 2 aromatic carbocycles. The van der Waals surface area contributed by atoms with Crippen LogP contribution in [0.3, 0.4) is 0 Å². The van der Waals surface area contributed by atoms with Crippen molar-refractivity contribution < 1.29 is 4.79 Å². The lowest BCUT2D eigenvalue weighted by Gasteiger charge is -2.24. The number of nitrogens with zero attached hydrogens (tertiary/aromatic N) is 4. The van der Waals surface area contributed by atoms with Gasteiger partial charge in [-0.15, -0.1) is 16.9 Å². The maximum Gasteiger partial charge on any atom is 0.242 e. The van der Waals surface area contributed by atoms with Crippen molar-refractivity contribution in [1.29, 1.82) is 0 Å². The SMILES string of the molecule is O=C(Nc1cccc(-n2cnnn2)c1)[C@@H]1SCCc2ccccc21. The van der Waals surface area contributed by atoms with E-state index in [1.54, 1.807) is 16.4 Å². The first-order valence-corrected chi connectivity index (χ1v) is 8.70. The lowest BCUT2D eigenvalue weighted by Crippen LogP contribution is -2.23. The van der Waals surface area contributed by atoms with Crippen LogP contribution in [0.15, 0.2) is 54.9 Å². The number of aryl methyl sites for hydroxylation is 1. The maximum atomic E-state index is 12.7. The lowest BCUT2D eigenvalue weighted by atomic mass is 10.0. The van der Waals surface area contributed by atoms with Gasteiger partial charge in [0.1, 0.15) is 11.6 Å². The molecule has 0 radical (unpaired) electrons. The number of hydrogen-bond acceptors (Lipinski definition) is 5. The van der Waals surface area contributed by atoms with Crippen LogP contribution in [0.4, 0.5) is 5.69 Å². The second-order valence-electron chi connectivity index (χ2n) is 5.49. The van der Waals surface area contributed by atoms with E-state index < -0.39 is 0 Å². The molecule has 1 atom stereocenters. The summed E-state index contributed by atoms with van der Waals surface area (Å²) in [4.78, 5) is 12.7. The summed E-state index contributed by atoms with van der Waals surface area (Å²) in [7, 11) is 0. The number of carbonyl (C=O) groups excluding carboxylic acids is 1. The number of anilines is 1. The Balaban J connectivity index is 1.56. The van der Waals surface area contributed by atoms with Crippen LogP contribution >= 0.6 is 11.8 Å². The molecule has 3 aromatic rings. The van der Waals surface area contributed by atoms with Gasteiger partial charge in [0.15, 0.2) is 0 Å². The van der Waals surface area contributed by atoms with E-state index in [0.29, 0.717) is 0 Å². The number of aromatic nitrogens is 4. The van der Waals surface area contributed by atoms with E-state index >= 15 is 0 Å². The van der Waals surface area contributed by atoms with Crippen LogP contribution in [0.25, 0.3) is 5.69 Å². The highest BCUT2D eigenvalue weighted by Crippen LogP contribution is 2.37. The van der Waals surface area contributed by atoms with Gasteiger partial charge >= 0.3 is 0 Å². The molecule has 0 bridgehead atoms. The summed E-state index contributed by atoms with van der Waals surface area (Å²) in [6.07, 6.45) is 2.54. The first-order valence-electron chi connectivity index (χ1n) is 7.65. The van der Waals surface area contributed by atoms with Gasteiger partial charge in [-0.3, -0.25) is 4.79 Å². The third kappa shape index (κ3) is 2.90. The van der Waals surface area contributed by atoms with E-state index in [0.717, 1.165) is 29.1 Å². The summed E-state index contributed by atoms with van der Waals surface area (Å²) in [5.74, 6) is 0.959. The molecule has 6 nitrogen and oxygen atoms in total. The average molecular weight is 337 g/mol. The first-order chi connectivity index (χ1) is 11.8. The van der Waals surface area contributed by atoms with Crippen LogP contribution in [-0.2, 0) is 11.2 Å². The minimum absolute atomic E-state index is 0.000940. The molecule has 2 heterocycles. The molecule has 1 aliphatic rings. The van der Waals surface area contributed by atoms with Crippen LogP contribution < -0.4 is 5.32 Å². The molecule has 1 N–H and O–H groups in total. The fourth-order valence-corrected chi connectivity index (χ4v) is 4.02. The number of hydrogen-bond donors (Lipinski definition) is 1. The Morgan fingerprint density at radius 2 is 2.12 bits per heavy atom. The van der Waals surface area contributed by atoms with Crippen molar-refractivity contribution >= 4 is 23.4 Å². The molecular weight excluding hydrogens is 322 g/mol. The normalized spacial score (nSPS) is 16.4. The summed E-state index contributed by atoms with van der Waals surface area (Å²) in [6.45, 7) is 0. The van der Waals surface area contributed by atoms with E-state index in [-0.39, 0.29) is 11.2 Å². The maximum absolute atomic E-state index is 12.7. The minimum atomic E-state index is -0.174. The van der Waals surface area contributed by atoms with Gasteiger partial charge in [0.05, 0.1) is 5.69 Å². The Labute approximate surface area is 143 Å². The van der Waals surface area contributed by atoms with E-state index in [1.807, 2.05) is 42.5 Å². The van der Waals surface area contributed by atoms with E-state index in [9.17, 15) is 4.79 Å². The third-order valence-electron chi connectivity index (χ3n) is 3.96. The molecule has 0 fully saturated rings.